The molecule has 0 aliphatic heterocycles. The minimum atomic E-state index is -0.161. The molecule has 80 valence electrons. The first-order valence-electron chi connectivity index (χ1n) is 4.91. The summed E-state index contributed by atoms with van der Waals surface area (Å²) in [7, 11) is 0. The second kappa shape index (κ2) is 4.49. The van der Waals surface area contributed by atoms with Crippen molar-refractivity contribution in [1.29, 1.82) is 0 Å². The third kappa shape index (κ3) is 2.39. The summed E-state index contributed by atoms with van der Waals surface area (Å²) in [5, 5.41) is 11.8. The summed E-state index contributed by atoms with van der Waals surface area (Å²) in [6.07, 6.45) is 0. The molecule has 16 heavy (non-hydrogen) atoms. The quantitative estimate of drug-likeness (QED) is 0.753. The maximum absolute atomic E-state index is 11.7. The minimum Gasteiger partial charge on any atom is -0.508 e. The van der Waals surface area contributed by atoms with Crippen molar-refractivity contribution in [2.75, 3.05) is 5.32 Å². The molecule has 0 heterocycles. The maximum atomic E-state index is 11.7. The molecular weight excluding hydrogens is 202 g/mol. The molecule has 0 saturated carbocycles. The Morgan fingerprint density at radius 1 is 0.938 bits per heavy atom. The standard InChI is InChI=1S/C13H11NO2/c15-12-8-6-11(7-9-12)14-13(16)10-4-2-1-3-5-10/h1-9,15H,(H,14,16). The van der Waals surface area contributed by atoms with Crippen molar-refractivity contribution >= 4 is 11.6 Å². The Balaban J connectivity index is 2.11. The second-order valence-electron chi connectivity index (χ2n) is 3.37. The van der Waals surface area contributed by atoms with Gasteiger partial charge in [-0.25, -0.2) is 0 Å². The average Bonchev–Trinajstić information content (AvgIpc) is 2.33. The highest BCUT2D eigenvalue weighted by molar-refractivity contribution is 6.04. The van der Waals surface area contributed by atoms with Crippen LogP contribution in [0.4, 0.5) is 5.69 Å². The van der Waals surface area contributed by atoms with Gasteiger partial charge in [0.2, 0.25) is 0 Å². The molecule has 0 radical (unpaired) electrons. The van der Waals surface area contributed by atoms with Gasteiger partial charge < -0.3 is 10.4 Å². The zero-order valence-electron chi connectivity index (χ0n) is 8.55. The summed E-state index contributed by atoms with van der Waals surface area (Å²) in [6.45, 7) is 0. The first-order valence-corrected chi connectivity index (χ1v) is 4.91. The molecule has 1 amide bonds. The first-order chi connectivity index (χ1) is 7.75. The van der Waals surface area contributed by atoms with Gasteiger partial charge in [-0.1, -0.05) is 18.2 Å². The van der Waals surface area contributed by atoms with Crippen molar-refractivity contribution < 1.29 is 9.90 Å². The summed E-state index contributed by atoms with van der Waals surface area (Å²) in [5.41, 5.74) is 1.27. The predicted octanol–water partition coefficient (Wildman–Crippen LogP) is 2.64. The normalized spacial score (nSPS) is 9.75. The Morgan fingerprint density at radius 2 is 1.56 bits per heavy atom. The fraction of sp³-hybridized carbons (Fsp3) is 0. The summed E-state index contributed by atoms with van der Waals surface area (Å²) in [5.74, 6) is 0.0176. The largest absolute Gasteiger partial charge is 0.508 e. The van der Waals surface area contributed by atoms with Crippen LogP contribution < -0.4 is 5.32 Å². The van der Waals surface area contributed by atoms with Crippen LogP contribution in [0.15, 0.2) is 54.6 Å². The Labute approximate surface area is 93.4 Å². The maximum Gasteiger partial charge on any atom is 0.255 e. The number of carbonyl (C=O) groups is 1. The van der Waals surface area contributed by atoms with E-state index in [0.29, 0.717) is 11.3 Å². The lowest BCUT2D eigenvalue weighted by atomic mass is 10.2. The number of aromatic hydroxyl groups is 1. The van der Waals surface area contributed by atoms with Crippen molar-refractivity contribution in [2.24, 2.45) is 0 Å². The number of hydrogen-bond donors (Lipinski definition) is 2. The Morgan fingerprint density at radius 3 is 2.19 bits per heavy atom. The molecule has 0 unspecified atom stereocenters. The van der Waals surface area contributed by atoms with E-state index in [-0.39, 0.29) is 11.7 Å². The molecule has 0 aliphatic rings. The zero-order chi connectivity index (χ0) is 11.4. The van der Waals surface area contributed by atoms with Crippen molar-refractivity contribution in [2.45, 2.75) is 0 Å². The van der Waals surface area contributed by atoms with Crippen molar-refractivity contribution in [1.82, 2.24) is 0 Å². The van der Waals surface area contributed by atoms with Crippen LogP contribution >= 0.6 is 0 Å². The zero-order valence-corrected chi connectivity index (χ0v) is 8.55. The molecule has 0 aliphatic carbocycles. The number of phenols is 1. The third-order valence-electron chi connectivity index (χ3n) is 2.16. The van der Waals surface area contributed by atoms with Crippen molar-refractivity contribution in [3.05, 3.63) is 60.2 Å². The second-order valence-corrected chi connectivity index (χ2v) is 3.37. The van der Waals surface area contributed by atoms with Gasteiger partial charge in [0.1, 0.15) is 5.75 Å². The van der Waals surface area contributed by atoms with Gasteiger partial charge in [-0.15, -0.1) is 0 Å². The third-order valence-corrected chi connectivity index (χ3v) is 2.16. The smallest absolute Gasteiger partial charge is 0.255 e. The SMILES string of the molecule is O=C(Nc1ccc(O)cc1)c1ccccc1. The van der Waals surface area contributed by atoms with Crippen LogP contribution in [-0.2, 0) is 0 Å². The van der Waals surface area contributed by atoms with Crippen LogP contribution in [0.2, 0.25) is 0 Å². The van der Waals surface area contributed by atoms with E-state index in [1.165, 1.54) is 12.1 Å². The first kappa shape index (κ1) is 10.2. The van der Waals surface area contributed by atoms with E-state index in [9.17, 15) is 4.79 Å². The van der Waals surface area contributed by atoms with Gasteiger partial charge in [0, 0.05) is 11.3 Å². The van der Waals surface area contributed by atoms with Crippen LogP contribution in [0.25, 0.3) is 0 Å². The van der Waals surface area contributed by atoms with Crippen molar-refractivity contribution in [3.8, 4) is 5.75 Å². The summed E-state index contributed by atoms with van der Waals surface area (Å²) < 4.78 is 0. The average molecular weight is 213 g/mol. The highest BCUT2D eigenvalue weighted by Crippen LogP contribution is 2.14. The van der Waals surface area contributed by atoms with Crippen LogP contribution in [0.5, 0.6) is 5.75 Å². The number of nitrogens with one attached hydrogen (secondary N) is 1. The highest BCUT2D eigenvalue weighted by Gasteiger charge is 2.04. The molecule has 0 bridgehead atoms. The fourth-order valence-electron chi connectivity index (χ4n) is 1.34. The van der Waals surface area contributed by atoms with E-state index in [1.807, 2.05) is 18.2 Å². The minimum absolute atomic E-state index is 0.161. The lowest BCUT2D eigenvalue weighted by Crippen LogP contribution is -2.11. The van der Waals surface area contributed by atoms with Gasteiger partial charge >= 0.3 is 0 Å². The van der Waals surface area contributed by atoms with Gasteiger partial charge in [0.05, 0.1) is 0 Å². The fourth-order valence-corrected chi connectivity index (χ4v) is 1.34. The highest BCUT2D eigenvalue weighted by atomic mass is 16.3. The molecular formula is C13H11NO2. The number of carbonyl (C=O) groups excluding carboxylic acids is 1. The van der Waals surface area contributed by atoms with Gasteiger partial charge in [0.25, 0.3) is 5.91 Å². The molecule has 2 rings (SSSR count). The Kier molecular flexibility index (Phi) is 2.87. The van der Waals surface area contributed by atoms with Gasteiger partial charge in [-0.05, 0) is 36.4 Å². The molecule has 3 heteroatoms. The topological polar surface area (TPSA) is 49.3 Å². The van der Waals surface area contributed by atoms with E-state index < -0.39 is 0 Å². The Hall–Kier alpha value is -2.29. The molecule has 2 aromatic carbocycles. The van der Waals surface area contributed by atoms with E-state index >= 15 is 0 Å². The molecule has 0 saturated heterocycles. The van der Waals surface area contributed by atoms with E-state index in [4.69, 9.17) is 5.11 Å². The summed E-state index contributed by atoms with van der Waals surface area (Å²) in [6, 6.07) is 15.3. The number of anilines is 1. The van der Waals surface area contributed by atoms with Crippen LogP contribution in [0, 0.1) is 0 Å². The molecule has 2 aromatic rings. The van der Waals surface area contributed by atoms with Gasteiger partial charge in [-0.3, -0.25) is 4.79 Å². The molecule has 2 N–H and O–H groups in total. The molecule has 0 fully saturated rings. The Bertz CT molecular complexity index is 477. The lowest BCUT2D eigenvalue weighted by molar-refractivity contribution is 0.102. The monoisotopic (exact) mass is 213 g/mol. The summed E-state index contributed by atoms with van der Waals surface area (Å²) in [4.78, 5) is 11.7. The van der Waals surface area contributed by atoms with Gasteiger partial charge in [0.15, 0.2) is 0 Å². The molecule has 0 spiro atoms. The number of rotatable bonds is 2. The number of benzene rings is 2. The lowest BCUT2D eigenvalue weighted by Gasteiger charge is -2.04. The van der Waals surface area contributed by atoms with Crippen molar-refractivity contribution in [3.63, 3.8) is 0 Å². The van der Waals surface area contributed by atoms with Crippen LogP contribution in [0.3, 0.4) is 0 Å². The number of amides is 1. The van der Waals surface area contributed by atoms with E-state index in [0.717, 1.165) is 0 Å². The molecule has 0 aromatic heterocycles. The molecule has 3 nitrogen and oxygen atoms in total. The molecule has 0 atom stereocenters. The van der Waals surface area contributed by atoms with Gasteiger partial charge in [-0.2, -0.15) is 0 Å². The summed E-state index contributed by atoms with van der Waals surface area (Å²) >= 11 is 0. The van der Waals surface area contributed by atoms with E-state index in [1.54, 1.807) is 24.3 Å². The predicted molar refractivity (Wildman–Crippen MR) is 62.5 cm³/mol. The van der Waals surface area contributed by atoms with Crippen LogP contribution in [-0.4, -0.2) is 11.0 Å². The van der Waals surface area contributed by atoms with Crippen LogP contribution in [0.1, 0.15) is 10.4 Å². The number of hydrogen-bond acceptors (Lipinski definition) is 2. The number of phenolic OH excluding ortho intramolecular Hbond substituents is 1. The van der Waals surface area contributed by atoms with E-state index in [2.05, 4.69) is 5.32 Å².